The summed E-state index contributed by atoms with van der Waals surface area (Å²) in [5, 5.41) is 0. The molecule has 1 aliphatic rings. The van der Waals surface area contributed by atoms with Crippen LogP contribution in [-0.2, 0) is 6.42 Å². The molecule has 0 heterocycles. The van der Waals surface area contributed by atoms with Crippen LogP contribution in [-0.4, -0.2) is 0 Å². The number of rotatable bonds is 0. The fraction of sp³-hybridized carbons (Fsp3) is 0.455. The van der Waals surface area contributed by atoms with Gasteiger partial charge in [-0.05, 0) is 48.4 Å². The fourth-order valence-corrected chi connectivity index (χ4v) is 2.01. The van der Waals surface area contributed by atoms with Gasteiger partial charge in [0.15, 0.2) is 0 Å². The highest BCUT2D eigenvalue weighted by molar-refractivity contribution is 5.32. The van der Waals surface area contributed by atoms with Crippen LogP contribution in [0.15, 0.2) is 18.2 Å². The molecule has 0 radical (unpaired) electrons. The maximum atomic E-state index is 12.9. The SMILES string of the molecule is C[C@@H]1CCCc2ccc(F)cc21. The minimum absolute atomic E-state index is 0.0949. The summed E-state index contributed by atoms with van der Waals surface area (Å²) < 4.78 is 12.9. The second-order valence-corrected chi connectivity index (χ2v) is 3.64. The van der Waals surface area contributed by atoms with E-state index in [-0.39, 0.29) is 5.82 Å². The zero-order valence-corrected chi connectivity index (χ0v) is 7.31. The predicted octanol–water partition coefficient (Wildman–Crippen LogP) is 3.27. The van der Waals surface area contributed by atoms with Gasteiger partial charge in [-0.25, -0.2) is 4.39 Å². The Kier molecular flexibility index (Phi) is 1.87. The smallest absolute Gasteiger partial charge is 0.123 e. The molecule has 0 spiro atoms. The summed E-state index contributed by atoms with van der Waals surface area (Å²) in [6.07, 6.45) is 3.58. The third kappa shape index (κ3) is 1.24. The van der Waals surface area contributed by atoms with Crippen LogP contribution in [0.1, 0.15) is 36.8 Å². The topological polar surface area (TPSA) is 0 Å². The van der Waals surface area contributed by atoms with Crippen molar-refractivity contribution in [1.29, 1.82) is 0 Å². The van der Waals surface area contributed by atoms with E-state index in [9.17, 15) is 4.39 Å². The van der Waals surface area contributed by atoms with Crippen LogP contribution >= 0.6 is 0 Å². The van der Waals surface area contributed by atoms with Gasteiger partial charge < -0.3 is 0 Å². The first-order chi connectivity index (χ1) is 5.77. The molecule has 1 heteroatoms. The van der Waals surface area contributed by atoms with E-state index in [4.69, 9.17) is 0 Å². The van der Waals surface area contributed by atoms with Crippen molar-refractivity contribution in [2.75, 3.05) is 0 Å². The van der Waals surface area contributed by atoms with Gasteiger partial charge in [-0.3, -0.25) is 0 Å². The molecule has 64 valence electrons. The summed E-state index contributed by atoms with van der Waals surface area (Å²) in [6.45, 7) is 2.18. The number of aryl methyl sites for hydroxylation is 1. The molecule has 0 saturated carbocycles. The first kappa shape index (κ1) is 7.78. The molecule has 1 aromatic carbocycles. The average molecular weight is 164 g/mol. The lowest BCUT2D eigenvalue weighted by atomic mass is 9.84. The van der Waals surface area contributed by atoms with Gasteiger partial charge in [0.2, 0.25) is 0 Å². The molecule has 0 aromatic heterocycles. The summed E-state index contributed by atoms with van der Waals surface area (Å²) in [5.74, 6) is 0.451. The minimum atomic E-state index is -0.0949. The van der Waals surface area contributed by atoms with Crippen molar-refractivity contribution in [2.45, 2.75) is 32.1 Å². The minimum Gasteiger partial charge on any atom is -0.207 e. The van der Waals surface area contributed by atoms with Crippen molar-refractivity contribution < 1.29 is 4.39 Å². The Hall–Kier alpha value is -0.850. The normalized spacial score (nSPS) is 22.0. The molecule has 0 fully saturated rings. The summed E-state index contributed by atoms with van der Waals surface area (Å²) in [7, 11) is 0. The second kappa shape index (κ2) is 2.89. The molecular weight excluding hydrogens is 151 g/mol. The van der Waals surface area contributed by atoms with E-state index < -0.39 is 0 Å². The highest BCUT2D eigenvalue weighted by atomic mass is 19.1. The average Bonchev–Trinajstić information content (AvgIpc) is 2.07. The molecule has 2 rings (SSSR count). The fourth-order valence-electron chi connectivity index (χ4n) is 2.01. The molecule has 0 unspecified atom stereocenters. The van der Waals surface area contributed by atoms with E-state index in [0.29, 0.717) is 5.92 Å². The lowest BCUT2D eigenvalue weighted by molar-refractivity contribution is 0.572. The Morgan fingerprint density at radius 3 is 3.08 bits per heavy atom. The van der Waals surface area contributed by atoms with E-state index in [2.05, 4.69) is 6.92 Å². The van der Waals surface area contributed by atoms with Crippen molar-refractivity contribution in [3.05, 3.63) is 35.1 Å². The predicted molar refractivity (Wildman–Crippen MR) is 47.8 cm³/mol. The Bertz CT molecular complexity index is 291. The van der Waals surface area contributed by atoms with E-state index in [1.165, 1.54) is 24.0 Å². The number of fused-ring (bicyclic) bond motifs is 1. The largest absolute Gasteiger partial charge is 0.207 e. The van der Waals surface area contributed by atoms with Gasteiger partial charge in [-0.1, -0.05) is 13.0 Å². The molecule has 0 N–H and O–H groups in total. The van der Waals surface area contributed by atoms with Gasteiger partial charge >= 0.3 is 0 Å². The van der Waals surface area contributed by atoms with Gasteiger partial charge in [0.1, 0.15) is 5.82 Å². The number of hydrogen-bond acceptors (Lipinski definition) is 0. The van der Waals surface area contributed by atoms with Crippen LogP contribution in [0, 0.1) is 5.82 Å². The Morgan fingerprint density at radius 2 is 2.25 bits per heavy atom. The molecule has 1 aliphatic carbocycles. The third-order valence-electron chi connectivity index (χ3n) is 2.72. The van der Waals surface area contributed by atoms with Gasteiger partial charge in [0.05, 0.1) is 0 Å². The Labute approximate surface area is 72.4 Å². The molecule has 0 bridgehead atoms. The summed E-state index contributed by atoms with van der Waals surface area (Å²) in [4.78, 5) is 0. The van der Waals surface area contributed by atoms with Crippen LogP contribution < -0.4 is 0 Å². The molecule has 0 nitrogen and oxygen atoms in total. The van der Waals surface area contributed by atoms with Crippen molar-refractivity contribution in [3.63, 3.8) is 0 Å². The van der Waals surface area contributed by atoms with Crippen molar-refractivity contribution >= 4 is 0 Å². The lowest BCUT2D eigenvalue weighted by Crippen LogP contribution is -2.06. The maximum Gasteiger partial charge on any atom is 0.123 e. The standard InChI is InChI=1S/C11H13F/c1-8-3-2-4-9-5-6-10(12)7-11(8)9/h5-8H,2-4H2,1H3/t8-/m1/s1. The molecule has 12 heavy (non-hydrogen) atoms. The van der Waals surface area contributed by atoms with Crippen LogP contribution in [0.5, 0.6) is 0 Å². The first-order valence-corrected chi connectivity index (χ1v) is 4.55. The molecular formula is C11H13F. The number of halogens is 1. The Balaban J connectivity index is 2.47. The molecule has 1 aromatic rings. The van der Waals surface area contributed by atoms with E-state index >= 15 is 0 Å². The summed E-state index contributed by atoms with van der Waals surface area (Å²) in [6, 6.07) is 5.19. The van der Waals surface area contributed by atoms with Crippen LogP contribution in [0.3, 0.4) is 0 Å². The maximum absolute atomic E-state index is 12.9. The quantitative estimate of drug-likeness (QED) is 0.552. The van der Waals surface area contributed by atoms with E-state index in [1.54, 1.807) is 12.1 Å². The van der Waals surface area contributed by atoms with Crippen LogP contribution in [0.2, 0.25) is 0 Å². The Morgan fingerprint density at radius 1 is 1.42 bits per heavy atom. The zero-order valence-electron chi connectivity index (χ0n) is 7.31. The summed E-state index contributed by atoms with van der Waals surface area (Å²) in [5.41, 5.74) is 2.57. The van der Waals surface area contributed by atoms with Crippen LogP contribution in [0.4, 0.5) is 4.39 Å². The monoisotopic (exact) mass is 164 g/mol. The highest BCUT2D eigenvalue weighted by Gasteiger charge is 2.16. The lowest BCUT2D eigenvalue weighted by Gasteiger charge is -2.21. The van der Waals surface area contributed by atoms with E-state index in [1.807, 2.05) is 6.07 Å². The molecule has 0 aliphatic heterocycles. The van der Waals surface area contributed by atoms with Gasteiger partial charge in [0.25, 0.3) is 0 Å². The number of benzene rings is 1. The van der Waals surface area contributed by atoms with Crippen molar-refractivity contribution in [3.8, 4) is 0 Å². The van der Waals surface area contributed by atoms with E-state index in [0.717, 1.165) is 6.42 Å². The summed E-state index contributed by atoms with van der Waals surface area (Å²) >= 11 is 0. The zero-order chi connectivity index (χ0) is 8.55. The number of hydrogen-bond donors (Lipinski definition) is 0. The van der Waals surface area contributed by atoms with Crippen LogP contribution in [0.25, 0.3) is 0 Å². The van der Waals surface area contributed by atoms with Gasteiger partial charge in [0, 0.05) is 0 Å². The highest BCUT2D eigenvalue weighted by Crippen LogP contribution is 2.31. The van der Waals surface area contributed by atoms with Gasteiger partial charge in [-0.15, -0.1) is 0 Å². The van der Waals surface area contributed by atoms with Crippen molar-refractivity contribution in [1.82, 2.24) is 0 Å². The molecule has 0 saturated heterocycles. The first-order valence-electron chi connectivity index (χ1n) is 4.55. The second-order valence-electron chi connectivity index (χ2n) is 3.64. The molecule has 1 atom stereocenters. The molecule has 0 amide bonds. The van der Waals surface area contributed by atoms with Crippen molar-refractivity contribution in [2.24, 2.45) is 0 Å². The van der Waals surface area contributed by atoms with Gasteiger partial charge in [-0.2, -0.15) is 0 Å². The third-order valence-corrected chi connectivity index (χ3v) is 2.72.